The Kier molecular flexibility index (Phi) is 5.05. The van der Waals surface area contributed by atoms with E-state index in [2.05, 4.69) is 10.6 Å². The van der Waals surface area contributed by atoms with Gasteiger partial charge < -0.3 is 20.6 Å². The molecule has 0 aromatic rings. The molecule has 0 aromatic heterocycles. The molecule has 4 unspecified atom stereocenters. The van der Waals surface area contributed by atoms with Crippen LogP contribution >= 0.6 is 34.8 Å². The lowest BCUT2D eigenvalue weighted by Crippen LogP contribution is -2.65. The van der Waals surface area contributed by atoms with Crippen LogP contribution in [0.2, 0.25) is 0 Å². The van der Waals surface area contributed by atoms with E-state index in [9.17, 15) is 19.8 Å². The highest BCUT2D eigenvalue weighted by Crippen LogP contribution is 2.26. The van der Waals surface area contributed by atoms with Crippen molar-refractivity contribution >= 4 is 46.7 Å². The number of rotatable bonds is 2. The molecule has 104 valence electrons. The number of carbonyl (C=O) groups excluding carboxylic acids is 1. The number of aliphatic hydroxyl groups excluding tert-OH is 2. The topological polar surface area (TPSA) is 119 Å². The molecule has 1 rings (SSSR count). The first-order valence-corrected chi connectivity index (χ1v) is 5.98. The van der Waals surface area contributed by atoms with Gasteiger partial charge in [0, 0.05) is 6.54 Å². The fraction of sp³-hybridized carbons (Fsp3) is 0.750. The maximum absolute atomic E-state index is 11.3. The van der Waals surface area contributed by atoms with Crippen LogP contribution in [0.25, 0.3) is 0 Å². The Morgan fingerprint density at radius 3 is 2.22 bits per heavy atom. The molecule has 1 fully saturated rings. The molecule has 1 aliphatic heterocycles. The van der Waals surface area contributed by atoms with Crippen molar-refractivity contribution in [1.82, 2.24) is 10.6 Å². The van der Waals surface area contributed by atoms with Gasteiger partial charge in [-0.25, -0.2) is 0 Å². The molecule has 0 saturated carbocycles. The molecule has 0 spiro atoms. The van der Waals surface area contributed by atoms with Crippen molar-refractivity contribution in [2.45, 2.75) is 22.2 Å². The summed E-state index contributed by atoms with van der Waals surface area (Å²) in [6, 6.07) is 0. The number of carbonyl (C=O) groups is 2. The third-order valence-electron chi connectivity index (χ3n) is 2.52. The van der Waals surface area contributed by atoms with Gasteiger partial charge in [0.15, 0.2) is 0 Å². The summed E-state index contributed by atoms with van der Waals surface area (Å²) in [5.41, 5.74) is 0. The number of hydrogen-bond acceptors (Lipinski definition) is 5. The number of amides is 1. The van der Waals surface area contributed by atoms with Gasteiger partial charge >= 0.3 is 5.97 Å². The van der Waals surface area contributed by atoms with E-state index in [1.807, 2.05) is 0 Å². The van der Waals surface area contributed by atoms with Crippen LogP contribution in [0.5, 0.6) is 0 Å². The van der Waals surface area contributed by atoms with Crippen LogP contribution in [0.15, 0.2) is 0 Å². The number of piperidine rings is 1. The zero-order chi connectivity index (χ0) is 14.1. The van der Waals surface area contributed by atoms with Crippen molar-refractivity contribution in [2.24, 2.45) is 5.92 Å². The number of carboxylic acid groups (broad SMARTS) is 1. The first-order chi connectivity index (χ1) is 8.14. The third kappa shape index (κ3) is 3.59. The minimum Gasteiger partial charge on any atom is -0.481 e. The van der Waals surface area contributed by atoms with Crippen molar-refractivity contribution in [1.29, 1.82) is 0 Å². The minimum atomic E-state index is -2.21. The zero-order valence-electron chi connectivity index (χ0n) is 8.81. The molecule has 5 N–H and O–H groups in total. The van der Waals surface area contributed by atoms with E-state index in [0.29, 0.717) is 0 Å². The highest BCUT2D eigenvalue weighted by atomic mass is 35.6. The number of aliphatic hydroxyl groups is 2. The van der Waals surface area contributed by atoms with Crippen molar-refractivity contribution in [3.63, 3.8) is 0 Å². The molecule has 18 heavy (non-hydrogen) atoms. The van der Waals surface area contributed by atoms with Crippen LogP contribution in [0.3, 0.4) is 0 Å². The van der Waals surface area contributed by atoms with E-state index >= 15 is 0 Å². The van der Waals surface area contributed by atoms with Crippen molar-refractivity contribution in [3.8, 4) is 0 Å². The van der Waals surface area contributed by atoms with Crippen LogP contribution in [0.1, 0.15) is 0 Å². The van der Waals surface area contributed by atoms with Crippen LogP contribution < -0.4 is 10.6 Å². The number of aliphatic carboxylic acids is 1. The van der Waals surface area contributed by atoms with Crippen molar-refractivity contribution in [2.75, 3.05) is 6.54 Å². The lowest BCUT2D eigenvalue weighted by molar-refractivity contribution is -0.154. The normalized spacial score (nSPS) is 32.9. The van der Waals surface area contributed by atoms with E-state index in [0.717, 1.165) is 0 Å². The van der Waals surface area contributed by atoms with E-state index in [1.54, 1.807) is 0 Å². The highest BCUT2D eigenvalue weighted by Gasteiger charge is 2.43. The summed E-state index contributed by atoms with van der Waals surface area (Å²) in [6.45, 7) is -0.141. The predicted octanol–water partition coefficient (Wildman–Crippen LogP) is -1.18. The molecular formula is C8H11Cl3N2O5. The Bertz CT molecular complexity index is 348. The molecule has 1 aliphatic rings. The van der Waals surface area contributed by atoms with Gasteiger partial charge in [0.25, 0.3) is 9.70 Å². The second-order valence-corrected chi connectivity index (χ2v) is 6.06. The summed E-state index contributed by atoms with van der Waals surface area (Å²) in [7, 11) is 0. The average Bonchev–Trinajstić information content (AvgIpc) is 2.22. The second kappa shape index (κ2) is 5.77. The van der Waals surface area contributed by atoms with E-state index in [-0.39, 0.29) is 6.54 Å². The van der Waals surface area contributed by atoms with Crippen molar-refractivity contribution in [3.05, 3.63) is 0 Å². The number of hydrogen-bond donors (Lipinski definition) is 5. The van der Waals surface area contributed by atoms with Gasteiger partial charge in [-0.1, -0.05) is 34.8 Å². The maximum Gasteiger partial charge on any atom is 0.310 e. The molecule has 4 atom stereocenters. The first-order valence-electron chi connectivity index (χ1n) is 4.84. The fourth-order valence-corrected chi connectivity index (χ4v) is 1.69. The number of halogens is 3. The van der Waals surface area contributed by atoms with Gasteiger partial charge in [0.05, 0.1) is 12.0 Å². The first kappa shape index (κ1) is 15.7. The van der Waals surface area contributed by atoms with Crippen LogP contribution in [-0.2, 0) is 9.59 Å². The van der Waals surface area contributed by atoms with Crippen LogP contribution in [0.4, 0.5) is 0 Å². The van der Waals surface area contributed by atoms with E-state index in [4.69, 9.17) is 39.9 Å². The standard InChI is InChI=1S/C8H11Cl3N2O5/c9-8(10,11)7(18)13-5-4(15)3(14)2(1-12-5)6(16)17/h2-5,12,14-15H,1H2,(H,13,18)(H,16,17). The van der Waals surface area contributed by atoms with Crippen LogP contribution in [0, 0.1) is 5.92 Å². The molecule has 7 nitrogen and oxygen atoms in total. The average molecular weight is 322 g/mol. The zero-order valence-corrected chi connectivity index (χ0v) is 11.1. The van der Waals surface area contributed by atoms with Gasteiger partial charge in [-0.3, -0.25) is 14.9 Å². The number of carboxylic acids is 1. The predicted molar refractivity (Wildman–Crippen MR) is 63.4 cm³/mol. The summed E-state index contributed by atoms with van der Waals surface area (Å²) in [6.07, 6.45) is -4.17. The SMILES string of the molecule is O=C(O)C1CNC(NC(=O)C(Cl)(Cl)Cl)C(O)C1O. The van der Waals surface area contributed by atoms with Crippen LogP contribution in [-0.4, -0.2) is 55.9 Å². The Hall–Kier alpha value is -0.310. The van der Waals surface area contributed by atoms with Gasteiger partial charge in [-0.2, -0.15) is 0 Å². The maximum atomic E-state index is 11.3. The lowest BCUT2D eigenvalue weighted by Gasteiger charge is -2.37. The Morgan fingerprint density at radius 2 is 1.78 bits per heavy atom. The van der Waals surface area contributed by atoms with Crippen molar-refractivity contribution < 1.29 is 24.9 Å². The molecule has 1 amide bonds. The lowest BCUT2D eigenvalue weighted by atomic mass is 9.92. The molecule has 0 bridgehead atoms. The highest BCUT2D eigenvalue weighted by molar-refractivity contribution is 6.76. The Balaban J connectivity index is 2.67. The number of nitrogens with one attached hydrogen (secondary N) is 2. The second-order valence-electron chi connectivity index (χ2n) is 3.78. The largest absolute Gasteiger partial charge is 0.481 e. The summed E-state index contributed by atoms with van der Waals surface area (Å²) in [4.78, 5) is 22.1. The third-order valence-corrected chi connectivity index (χ3v) is 3.04. The summed E-state index contributed by atoms with van der Waals surface area (Å²) >= 11 is 16.0. The molecule has 0 radical (unpaired) electrons. The van der Waals surface area contributed by atoms with Gasteiger partial charge in [-0.05, 0) is 0 Å². The van der Waals surface area contributed by atoms with E-state index in [1.165, 1.54) is 0 Å². The summed E-state index contributed by atoms with van der Waals surface area (Å²) < 4.78 is -2.21. The molecular weight excluding hydrogens is 310 g/mol. The quantitative estimate of drug-likeness (QED) is 0.409. The molecule has 1 heterocycles. The van der Waals surface area contributed by atoms with Gasteiger partial charge in [0.2, 0.25) is 0 Å². The minimum absolute atomic E-state index is 0.141. The fourth-order valence-electron chi connectivity index (χ4n) is 1.52. The summed E-state index contributed by atoms with van der Waals surface area (Å²) in [5, 5.41) is 32.7. The Labute approximate surface area is 117 Å². The Morgan fingerprint density at radius 1 is 1.22 bits per heavy atom. The monoisotopic (exact) mass is 320 g/mol. The van der Waals surface area contributed by atoms with Gasteiger partial charge in [0.1, 0.15) is 12.3 Å². The molecule has 10 heteroatoms. The molecule has 0 aromatic carbocycles. The molecule has 0 aliphatic carbocycles. The smallest absolute Gasteiger partial charge is 0.310 e. The van der Waals surface area contributed by atoms with E-state index < -0.39 is 40.0 Å². The van der Waals surface area contributed by atoms with Gasteiger partial charge in [-0.15, -0.1) is 0 Å². The number of alkyl halides is 3. The molecule has 1 saturated heterocycles. The summed E-state index contributed by atoms with van der Waals surface area (Å²) in [5.74, 6) is -3.44.